The molecule has 0 amide bonds. The summed E-state index contributed by atoms with van der Waals surface area (Å²) in [5, 5.41) is 0. The van der Waals surface area contributed by atoms with Gasteiger partial charge in [0, 0.05) is 5.56 Å². The molecule has 0 saturated carbocycles. The zero-order valence-corrected chi connectivity index (χ0v) is 10.4. The number of aryl methyl sites for hydroxylation is 2. The van der Waals surface area contributed by atoms with E-state index in [1.54, 1.807) is 0 Å². The van der Waals surface area contributed by atoms with Crippen molar-refractivity contribution in [1.82, 2.24) is 0 Å². The molecule has 1 nitrogen and oxygen atoms in total. The van der Waals surface area contributed by atoms with E-state index in [1.807, 2.05) is 26.0 Å². The number of carbonyl (C=O) groups excluding carboxylic acids is 1. The number of hydrogen-bond donors (Lipinski definition) is 0. The SMILES string of the molecule is CCc1cc(C)ccc1C(=O)C(C)Br. The summed E-state index contributed by atoms with van der Waals surface area (Å²) in [6, 6.07) is 6.00. The van der Waals surface area contributed by atoms with Crippen LogP contribution in [0.15, 0.2) is 18.2 Å². The first kappa shape index (κ1) is 11.4. The zero-order valence-electron chi connectivity index (χ0n) is 8.80. The quantitative estimate of drug-likeness (QED) is 0.596. The molecule has 0 bridgehead atoms. The summed E-state index contributed by atoms with van der Waals surface area (Å²) in [6.07, 6.45) is 0.905. The lowest BCUT2D eigenvalue weighted by Crippen LogP contribution is -2.12. The summed E-state index contributed by atoms with van der Waals surface area (Å²) >= 11 is 3.31. The first-order chi connectivity index (χ1) is 6.56. The van der Waals surface area contributed by atoms with E-state index in [0.29, 0.717) is 0 Å². The third kappa shape index (κ3) is 2.44. The number of alkyl halides is 1. The van der Waals surface area contributed by atoms with Crippen LogP contribution in [0.25, 0.3) is 0 Å². The molecule has 0 N–H and O–H groups in total. The van der Waals surface area contributed by atoms with Gasteiger partial charge in [0.15, 0.2) is 5.78 Å². The maximum Gasteiger partial charge on any atom is 0.176 e. The van der Waals surface area contributed by atoms with Crippen LogP contribution in [0.4, 0.5) is 0 Å². The van der Waals surface area contributed by atoms with Crippen molar-refractivity contribution in [3.8, 4) is 0 Å². The lowest BCUT2D eigenvalue weighted by molar-refractivity contribution is 0.0995. The minimum Gasteiger partial charge on any atom is -0.293 e. The van der Waals surface area contributed by atoms with Gasteiger partial charge in [-0.25, -0.2) is 0 Å². The Balaban J connectivity index is 3.14. The van der Waals surface area contributed by atoms with Crippen molar-refractivity contribution in [2.24, 2.45) is 0 Å². The highest BCUT2D eigenvalue weighted by Gasteiger charge is 2.14. The molecule has 0 aromatic heterocycles. The van der Waals surface area contributed by atoms with Crippen molar-refractivity contribution in [2.45, 2.75) is 32.0 Å². The summed E-state index contributed by atoms with van der Waals surface area (Å²) in [6.45, 7) is 5.98. The molecule has 0 saturated heterocycles. The number of ketones is 1. The molecule has 1 rings (SSSR count). The lowest BCUT2D eigenvalue weighted by Gasteiger charge is -2.09. The van der Waals surface area contributed by atoms with Crippen molar-refractivity contribution in [3.05, 3.63) is 34.9 Å². The molecule has 0 fully saturated rings. The number of hydrogen-bond acceptors (Lipinski definition) is 1. The van der Waals surface area contributed by atoms with Gasteiger partial charge in [-0.05, 0) is 25.8 Å². The third-order valence-corrected chi connectivity index (χ3v) is 2.68. The van der Waals surface area contributed by atoms with Crippen LogP contribution in [-0.4, -0.2) is 10.6 Å². The molecule has 0 aliphatic heterocycles. The molecule has 1 unspecified atom stereocenters. The van der Waals surface area contributed by atoms with E-state index in [-0.39, 0.29) is 10.6 Å². The van der Waals surface area contributed by atoms with Crippen LogP contribution in [0.3, 0.4) is 0 Å². The Labute approximate surface area is 93.7 Å². The van der Waals surface area contributed by atoms with E-state index in [4.69, 9.17) is 0 Å². The molecule has 0 aliphatic carbocycles. The van der Waals surface area contributed by atoms with Gasteiger partial charge in [0.2, 0.25) is 0 Å². The first-order valence-corrected chi connectivity index (χ1v) is 5.75. The monoisotopic (exact) mass is 254 g/mol. The van der Waals surface area contributed by atoms with Crippen LogP contribution in [0, 0.1) is 6.92 Å². The van der Waals surface area contributed by atoms with Crippen LogP contribution in [0.5, 0.6) is 0 Å². The fourth-order valence-electron chi connectivity index (χ4n) is 1.47. The highest BCUT2D eigenvalue weighted by atomic mass is 79.9. The fourth-order valence-corrected chi connectivity index (χ4v) is 1.72. The van der Waals surface area contributed by atoms with Gasteiger partial charge in [0.05, 0.1) is 4.83 Å². The Morgan fingerprint density at radius 2 is 2.14 bits per heavy atom. The molecule has 1 aromatic carbocycles. The smallest absolute Gasteiger partial charge is 0.176 e. The highest BCUT2D eigenvalue weighted by molar-refractivity contribution is 9.10. The second kappa shape index (κ2) is 4.74. The Bertz CT molecular complexity index is 342. The Kier molecular flexibility index (Phi) is 3.87. The van der Waals surface area contributed by atoms with Gasteiger partial charge in [-0.3, -0.25) is 4.79 Å². The topological polar surface area (TPSA) is 17.1 Å². The number of halogens is 1. The Morgan fingerprint density at radius 3 is 2.64 bits per heavy atom. The van der Waals surface area contributed by atoms with E-state index < -0.39 is 0 Å². The van der Waals surface area contributed by atoms with Crippen molar-refractivity contribution in [2.75, 3.05) is 0 Å². The van der Waals surface area contributed by atoms with Gasteiger partial charge in [-0.15, -0.1) is 0 Å². The molecule has 0 heterocycles. The van der Waals surface area contributed by atoms with Gasteiger partial charge in [0.25, 0.3) is 0 Å². The van der Waals surface area contributed by atoms with Crippen molar-refractivity contribution in [1.29, 1.82) is 0 Å². The van der Waals surface area contributed by atoms with E-state index in [0.717, 1.165) is 17.5 Å². The molecular weight excluding hydrogens is 240 g/mol. The van der Waals surface area contributed by atoms with Crippen molar-refractivity contribution < 1.29 is 4.79 Å². The Hall–Kier alpha value is -0.630. The molecule has 0 spiro atoms. The van der Waals surface area contributed by atoms with Gasteiger partial charge in [0.1, 0.15) is 0 Å². The summed E-state index contributed by atoms with van der Waals surface area (Å²) in [4.78, 5) is 11.7. The highest BCUT2D eigenvalue weighted by Crippen LogP contribution is 2.17. The largest absolute Gasteiger partial charge is 0.293 e. The fraction of sp³-hybridized carbons (Fsp3) is 0.417. The number of benzene rings is 1. The van der Waals surface area contributed by atoms with Crippen molar-refractivity contribution in [3.63, 3.8) is 0 Å². The van der Waals surface area contributed by atoms with Crippen LogP contribution < -0.4 is 0 Å². The Morgan fingerprint density at radius 1 is 1.50 bits per heavy atom. The van der Waals surface area contributed by atoms with Gasteiger partial charge in [-0.2, -0.15) is 0 Å². The molecule has 0 aliphatic rings. The maximum absolute atomic E-state index is 11.8. The normalized spacial score (nSPS) is 12.6. The number of Topliss-reactive ketones (excluding diaryl/α,β-unsaturated/α-hetero) is 1. The van der Waals surface area contributed by atoms with E-state index in [2.05, 4.69) is 28.9 Å². The second-order valence-corrected chi connectivity index (χ2v) is 4.87. The average molecular weight is 255 g/mol. The molecule has 2 heteroatoms. The van der Waals surface area contributed by atoms with Crippen molar-refractivity contribution >= 4 is 21.7 Å². The predicted molar refractivity (Wildman–Crippen MR) is 63.3 cm³/mol. The van der Waals surface area contributed by atoms with Gasteiger partial charge in [-0.1, -0.05) is 46.6 Å². The molecule has 1 atom stereocenters. The van der Waals surface area contributed by atoms with Gasteiger partial charge < -0.3 is 0 Å². The molecular formula is C12H15BrO. The maximum atomic E-state index is 11.8. The minimum absolute atomic E-state index is 0.101. The van der Waals surface area contributed by atoms with Gasteiger partial charge >= 0.3 is 0 Å². The lowest BCUT2D eigenvalue weighted by atomic mass is 9.98. The van der Waals surface area contributed by atoms with Crippen LogP contribution in [0.1, 0.15) is 35.3 Å². The molecule has 0 radical (unpaired) electrons. The standard InChI is InChI=1S/C12H15BrO/c1-4-10-7-8(2)5-6-11(10)12(14)9(3)13/h5-7,9H,4H2,1-3H3. The minimum atomic E-state index is -0.101. The summed E-state index contributed by atoms with van der Waals surface area (Å²) in [5.41, 5.74) is 3.20. The van der Waals surface area contributed by atoms with E-state index >= 15 is 0 Å². The van der Waals surface area contributed by atoms with Crippen LogP contribution >= 0.6 is 15.9 Å². The second-order valence-electron chi connectivity index (χ2n) is 3.49. The number of carbonyl (C=O) groups is 1. The van der Waals surface area contributed by atoms with Crippen LogP contribution in [0.2, 0.25) is 0 Å². The average Bonchev–Trinajstić information content (AvgIpc) is 2.16. The summed E-state index contributed by atoms with van der Waals surface area (Å²) < 4.78 is 0. The predicted octanol–water partition coefficient (Wildman–Crippen LogP) is 3.52. The van der Waals surface area contributed by atoms with Crippen LogP contribution in [-0.2, 0) is 6.42 Å². The zero-order chi connectivity index (χ0) is 10.7. The van der Waals surface area contributed by atoms with E-state index in [9.17, 15) is 4.79 Å². The number of rotatable bonds is 3. The first-order valence-electron chi connectivity index (χ1n) is 4.84. The third-order valence-electron chi connectivity index (χ3n) is 2.27. The van der Waals surface area contributed by atoms with E-state index in [1.165, 1.54) is 5.56 Å². The summed E-state index contributed by atoms with van der Waals surface area (Å²) in [5.74, 6) is 0.168. The molecule has 14 heavy (non-hydrogen) atoms. The molecule has 76 valence electrons. The summed E-state index contributed by atoms with van der Waals surface area (Å²) in [7, 11) is 0. The molecule has 1 aromatic rings.